The lowest BCUT2D eigenvalue weighted by atomic mass is 9.92. The molecule has 2 rings (SSSR count). The molecule has 1 aliphatic rings. The third kappa shape index (κ3) is 5.21. The number of primary amides is 1. The molecular weight excluding hydrogens is 433 g/mol. The molecule has 1 heterocycles. The van der Waals surface area contributed by atoms with Crippen molar-refractivity contribution in [3.05, 3.63) is 27.7 Å². The molecule has 0 aliphatic carbocycles. The number of piperidine rings is 1. The second kappa shape index (κ2) is 8.06. The van der Waals surface area contributed by atoms with Gasteiger partial charge in [-0.2, -0.15) is 0 Å². The predicted octanol–water partition coefficient (Wildman–Crippen LogP) is 3.53. The normalized spacial score (nSPS) is 16.4. The Labute approximate surface area is 171 Å². The summed E-state index contributed by atoms with van der Waals surface area (Å²) >= 11 is 3.27. The van der Waals surface area contributed by atoms with Crippen LogP contribution in [0.5, 0.6) is 0 Å². The van der Waals surface area contributed by atoms with Crippen LogP contribution in [0.2, 0.25) is 0 Å². The molecule has 0 aromatic heterocycles. The van der Waals surface area contributed by atoms with Gasteiger partial charge in [-0.1, -0.05) is 15.9 Å². The number of carbonyl (C=O) groups is 3. The molecule has 0 saturated carbocycles. The van der Waals surface area contributed by atoms with Crippen LogP contribution in [0.25, 0.3) is 0 Å². The summed E-state index contributed by atoms with van der Waals surface area (Å²) < 4.78 is 21.2. The van der Waals surface area contributed by atoms with Crippen molar-refractivity contribution in [1.29, 1.82) is 0 Å². The number of benzene rings is 1. The number of alkyl halides is 1. The molecule has 1 aliphatic heterocycles. The van der Waals surface area contributed by atoms with E-state index in [0.29, 0.717) is 10.0 Å². The zero-order valence-corrected chi connectivity index (χ0v) is 18.0. The van der Waals surface area contributed by atoms with Crippen molar-refractivity contribution in [3.8, 4) is 0 Å². The molecule has 28 heavy (non-hydrogen) atoms. The number of likely N-dealkylation sites (tertiary alicyclic amines) is 1. The molecule has 0 radical (unpaired) electrons. The lowest BCUT2D eigenvalue weighted by Gasteiger charge is -2.36. The smallest absolute Gasteiger partial charge is 0.410 e. The Morgan fingerprint density at radius 3 is 2.32 bits per heavy atom. The number of anilines is 1. The van der Waals surface area contributed by atoms with Crippen LogP contribution in [0.4, 0.5) is 14.9 Å². The van der Waals surface area contributed by atoms with E-state index in [0.717, 1.165) is 0 Å². The Balaban J connectivity index is 2.10. The summed E-state index contributed by atoms with van der Waals surface area (Å²) in [5.74, 6) is -1.59. The number of carbonyl (C=O) groups excluding carboxylic acids is 3. The number of halogens is 2. The quantitative estimate of drug-likeness (QED) is 0.724. The molecule has 0 atom stereocenters. The van der Waals surface area contributed by atoms with Crippen LogP contribution < -0.4 is 11.1 Å². The van der Waals surface area contributed by atoms with Gasteiger partial charge in [0.05, 0.1) is 11.3 Å². The van der Waals surface area contributed by atoms with Crippen LogP contribution in [0.1, 0.15) is 49.5 Å². The van der Waals surface area contributed by atoms with Crippen molar-refractivity contribution in [2.45, 2.75) is 51.8 Å². The van der Waals surface area contributed by atoms with Gasteiger partial charge in [-0.3, -0.25) is 9.59 Å². The standard InChI is InChI=1S/C19H25BrFN3O4/c1-11-9-12(20)10-13(15(22)25)14(11)23-16(26)19(21)5-7-24(8-6-19)17(27)28-18(2,3)4/h9-10H,5-8H2,1-4H3,(H2,22,25)(H,23,26). The summed E-state index contributed by atoms with van der Waals surface area (Å²) in [4.78, 5) is 37.8. The molecule has 1 aromatic rings. The second-order valence-electron chi connectivity index (χ2n) is 7.90. The average molecular weight is 458 g/mol. The Kier molecular flexibility index (Phi) is 6.37. The third-order valence-electron chi connectivity index (χ3n) is 4.42. The van der Waals surface area contributed by atoms with Gasteiger partial charge in [0.25, 0.3) is 11.8 Å². The number of amides is 3. The van der Waals surface area contributed by atoms with Crippen LogP contribution in [-0.4, -0.2) is 47.2 Å². The SMILES string of the molecule is Cc1cc(Br)cc(C(N)=O)c1NC(=O)C1(F)CCN(C(=O)OC(C)(C)C)CC1. The lowest BCUT2D eigenvalue weighted by Crippen LogP contribution is -2.51. The van der Waals surface area contributed by atoms with Crippen molar-refractivity contribution >= 4 is 39.5 Å². The summed E-state index contributed by atoms with van der Waals surface area (Å²) in [6.07, 6.45) is -0.867. The minimum Gasteiger partial charge on any atom is -0.444 e. The Morgan fingerprint density at radius 2 is 1.82 bits per heavy atom. The van der Waals surface area contributed by atoms with E-state index >= 15 is 4.39 Å². The van der Waals surface area contributed by atoms with Gasteiger partial charge in [0.15, 0.2) is 5.67 Å². The molecule has 3 N–H and O–H groups in total. The molecule has 0 spiro atoms. The molecule has 0 bridgehead atoms. The van der Waals surface area contributed by atoms with Gasteiger partial charge in [0.1, 0.15) is 5.60 Å². The largest absolute Gasteiger partial charge is 0.444 e. The monoisotopic (exact) mass is 457 g/mol. The third-order valence-corrected chi connectivity index (χ3v) is 4.88. The molecule has 7 nitrogen and oxygen atoms in total. The van der Waals surface area contributed by atoms with Crippen LogP contribution in [-0.2, 0) is 9.53 Å². The van der Waals surface area contributed by atoms with Gasteiger partial charge in [0.2, 0.25) is 0 Å². The highest BCUT2D eigenvalue weighted by Crippen LogP contribution is 2.31. The van der Waals surface area contributed by atoms with Gasteiger partial charge in [-0.25, -0.2) is 9.18 Å². The van der Waals surface area contributed by atoms with Gasteiger partial charge in [-0.05, 0) is 45.4 Å². The number of hydrogen-bond donors (Lipinski definition) is 2. The van der Waals surface area contributed by atoms with E-state index in [9.17, 15) is 14.4 Å². The Morgan fingerprint density at radius 1 is 1.25 bits per heavy atom. The first-order chi connectivity index (χ1) is 12.8. The van der Waals surface area contributed by atoms with Gasteiger partial charge in [0, 0.05) is 30.4 Å². The number of nitrogens with two attached hydrogens (primary N) is 1. The fourth-order valence-corrected chi connectivity index (χ4v) is 3.50. The summed E-state index contributed by atoms with van der Waals surface area (Å²) in [5, 5.41) is 2.51. The van der Waals surface area contributed by atoms with Crippen molar-refractivity contribution < 1.29 is 23.5 Å². The maximum Gasteiger partial charge on any atom is 0.410 e. The Bertz CT molecular complexity index is 799. The highest BCUT2D eigenvalue weighted by atomic mass is 79.9. The van der Waals surface area contributed by atoms with E-state index in [-0.39, 0.29) is 37.2 Å². The first-order valence-electron chi connectivity index (χ1n) is 8.91. The van der Waals surface area contributed by atoms with Crippen LogP contribution in [0.3, 0.4) is 0 Å². The fourth-order valence-electron chi connectivity index (χ4n) is 2.93. The molecule has 3 amide bonds. The topological polar surface area (TPSA) is 102 Å². The molecule has 1 aromatic carbocycles. The van der Waals surface area contributed by atoms with E-state index in [1.165, 1.54) is 11.0 Å². The summed E-state index contributed by atoms with van der Waals surface area (Å²) in [7, 11) is 0. The summed E-state index contributed by atoms with van der Waals surface area (Å²) in [6.45, 7) is 7.04. The number of hydrogen-bond acceptors (Lipinski definition) is 4. The molecule has 1 fully saturated rings. The minimum atomic E-state index is -2.16. The van der Waals surface area contributed by atoms with Gasteiger partial charge >= 0.3 is 6.09 Å². The first-order valence-corrected chi connectivity index (χ1v) is 9.70. The van der Waals surface area contributed by atoms with E-state index < -0.39 is 29.2 Å². The van der Waals surface area contributed by atoms with Gasteiger partial charge in [-0.15, -0.1) is 0 Å². The van der Waals surface area contributed by atoms with Crippen molar-refractivity contribution in [2.75, 3.05) is 18.4 Å². The van der Waals surface area contributed by atoms with E-state index in [4.69, 9.17) is 10.5 Å². The number of ether oxygens (including phenoxy) is 1. The fraction of sp³-hybridized carbons (Fsp3) is 0.526. The molecule has 1 saturated heterocycles. The molecule has 0 unspecified atom stereocenters. The minimum absolute atomic E-state index is 0.0564. The van der Waals surface area contributed by atoms with Crippen molar-refractivity contribution in [1.82, 2.24) is 4.90 Å². The molecular formula is C19H25BrFN3O4. The summed E-state index contributed by atoms with van der Waals surface area (Å²) in [6, 6.07) is 3.17. The van der Waals surface area contributed by atoms with Crippen molar-refractivity contribution in [2.24, 2.45) is 5.73 Å². The average Bonchev–Trinajstić information content (AvgIpc) is 2.55. The molecule has 154 valence electrons. The van der Waals surface area contributed by atoms with E-state index in [1.54, 1.807) is 33.8 Å². The highest BCUT2D eigenvalue weighted by Gasteiger charge is 2.43. The van der Waals surface area contributed by atoms with Crippen LogP contribution in [0, 0.1) is 6.92 Å². The predicted molar refractivity (Wildman–Crippen MR) is 107 cm³/mol. The molecule has 9 heteroatoms. The maximum absolute atomic E-state index is 15.3. The Hall–Kier alpha value is -2.16. The van der Waals surface area contributed by atoms with Gasteiger partial charge < -0.3 is 20.7 Å². The van der Waals surface area contributed by atoms with Crippen LogP contribution >= 0.6 is 15.9 Å². The number of aryl methyl sites for hydroxylation is 1. The number of nitrogens with zero attached hydrogens (tertiary/aromatic N) is 1. The highest BCUT2D eigenvalue weighted by molar-refractivity contribution is 9.10. The zero-order valence-electron chi connectivity index (χ0n) is 16.4. The van der Waals surface area contributed by atoms with E-state index in [1.807, 2.05) is 0 Å². The maximum atomic E-state index is 15.3. The van der Waals surface area contributed by atoms with Crippen LogP contribution in [0.15, 0.2) is 16.6 Å². The number of nitrogens with one attached hydrogen (secondary N) is 1. The second-order valence-corrected chi connectivity index (χ2v) is 8.81. The number of rotatable bonds is 3. The first kappa shape index (κ1) is 22.1. The zero-order chi connectivity index (χ0) is 21.3. The van der Waals surface area contributed by atoms with Crippen molar-refractivity contribution in [3.63, 3.8) is 0 Å². The lowest BCUT2D eigenvalue weighted by molar-refractivity contribution is -0.130. The summed E-state index contributed by atoms with van der Waals surface area (Å²) in [5.41, 5.74) is 3.42. The van der Waals surface area contributed by atoms with E-state index in [2.05, 4.69) is 21.2 Å².